The second kappa shape index (κ2) is 9.83. The van der Waals surface area contributed by atoms with Crippen LogP contribution in [0.4, 0.5) is 5.69 Å². The van der Waals surface area contributed by atoms with Gasteiger partial charge in [-0.3, -0.25) is 14.5 Å². The fraction of sp³-hybridized carbons (Fsp3) is 0.417. The summed E-state index contributed by atoms with van der Waals surface area (Å²) in [6.07, 6.45) is 4.06. The van der Waals surface area contributed by atoms with Crippen LogP contribution in [-0.2, 0) is 32.6 Å². The van der Waals surface area contributed by atoms with Crippen molar-refractivity contribution in [3.63, 3.8) is 0 Å². The predicted molar refractivity (Wildman–Crippen MR) is 128 cm³/mol. The monoisotopic (exact) mass is 489 g/mol. The van der Waals surface area contributed by atoms with Crippen LogP contribution in [0.5, 0.6) is 0 Å². The van der Waals surface area contributed by atoms with Crippen LogP contribution in [0.25, 0.3) is 0 Å². The van der Waals surface area contributed by atoms with E-state index in [1.165, 1.54) is 11.8 Å². The van der Waals surface area contributed by atoms with E-state index < -0.39 is 16.1 Å². The van der Waals surface area contributed by atoms with E-state index >= 15 is 0 Å². The van der Waals surface area contributed by atoms with Crippen molar-refractivity contribution in [2.45, 2.75) is 56.5 Å². The zero-order valence-corrected chi connectivity index (χ0v) is 20.2. The molecule has 176 valence electrons. The number of benzene rings is 2. The lowest BCUT2D eigenvalue weighted by molar-refractivity contribution is -0.125. The zero-order chi connectivity index (χ0) is 23.6. The number of carbonyl (C=O) groups excluding carboxylic acids is 2. The molecule has 1 saturated heterocycles. The molecule has 0 spiro atoms. The van der Waals surface area contributed by atoms with Gasteiger partial charge in [-0.2, -0.15) is 4.31 Å². The van der Waals surface area contributed by atoms with E-state index in [2.05, 4.69) is 5.32 Å². The largest absolute Gasteiger partial charge is 0.350 e. The van der Waals surface area contributed by atoms with Gasteiger partial charge < -0.3 is 5.32 Å². The van der Waals surface area contributed by atoms with Crippen LogP contribution < -0.4 is 10.2 Å². The molecule has 2 aromatic rings. The maximum atomic E-state index is 13.2. The fourth-order valence-electron chi connectivity index (χ4n) is 4.57. The molecular formula is C24H28ClN3O4S. The molecule has 2 aliphatic heterocycles. The van der Waals surface area contributed by atoms with E-state index in [1.54, 1.807) is 34.6 Å². The van der Waals surface area contributed by atoms with Gasteiger partial charge in [-0.15, -0.1) is 0 Å². The van der Waals surface area contributed by atoms with Crippen molar-refractivity contribution in [1.82, 2.24) is 9.62 Å². The van der Waals surface area contributed by atoms with Crippen LogP contribution in [0.3, 0.4) is 0 Å². The molecule has 9 heteroatoms. The number of amides is 2. The summed E-state index contributed by atoms with van der Waals surface area (Å²) >= 11 is 6.01. The molecule has 2 heterocycles. The number of rotatable bonds is 5. The minimum atomic E-state index is -3.62. The van der Waals surface area contributed by atoms with Gasteiger partial charge in [-0.25, -0.2) is 8.42 Å². The minimum Gasteiger partial charge on any atom is -0.350 e. The molecule has 0 aromatic heterocycles. The molecular weight excluding hydrogens is 462 g/mol. The lowest BCUT2D eigenvalue weighted by Gasteiger charge is -2.24. The topological polar surface area (TPSA) is 86.8 Å². The molecule has 1 N–H and O–H groups in total. The Labute approximate surface area is 199 Å². The van der Waals surface area contributed by atoms with Crippen LogP contribution in [-0.4, -0.2) is 43.7 Å². The first-order valence-electron chi connectivity index (χ1n) is 11.2. The Morgan fingerprint density at radius 2 is 1.79 bits per heavy atom. The third kappa shape index (κ3) is 5.08. The van der Waals surface area contributed by atoms with E-state index in [0.717, 1.165) is 31.2 Å². The van der Waals surface area contributed by atoms with E-state index in [1.807, 2.05) is 12.1 Å². The number of hydrogen-bond acceptors (Lipinski definition) is 4. The van der Waals surface area contributed by atoms with Crippen LogP contribution in [0.1, 0.15) is 43.7 Å². The van der Waals surface area contributed by atoms with Crippen LogP contribution in [0.2, 0.25) is 5.02 Å². The van der Waals surface area contributed by atoms with E-state index in [-0.39, 0.29) is 29.7 Å². The Morgan fingerprint density at radius 1 is 1.06 bits per heavy atom. The van der Waals surface area contributed by atoms with Gasteiger partial charge in [-0.05, 0) is 54.3 Å². The SMILES string of the molecule is CC(=O)N1c2ccc(S(=O)(=O)N3CCCCCC3)cc2CC1C(=O)NCc1cccc(Cl)c1. The summed E-state index contributed by atoms with van der Waals surface area (Å²) in [6.45, 7) is 2.74. The van der Waals surface area contributed by atoms with Crippen molar-refractivity contribution >= 4 is 39.1 Å². The Bertz CT molecular complexity index is 1160. The van der Waals surface area contributed by atoms with Gasteiger partial charge >= 0.3 is 0 Å². The molecule has 1 fully saturated rings. The highest BCUT2D eigenvalue weighted by Gasteiger charge is 2.38. The van der Waals surface area contributed by atoms with E-state index in [9.17, 15) is 18.0 Å². The van der Waals surface area contributed by atoms with Gasteiger partial charge in [0, 0.05) is 43.7 Å². The molecule has 1 unspecified atom stereocenters. The zero-order valence-electron chi connectivity index (χ0n) is 18.6. The summed E-state index contributed by atoms with van der Waals surface area (Å²) in [6, 6.07) is 11.3. The first kappa shape index (κ1) is 23.7. The van der Waals surface area contributed by atoms with E-state index in [0.29, 0.717) is 29.4 Å². The van der Waals surface area contributed by atoms with Gasteiger partial charge in [0.2, 0.25) is 21.8 Å². The Morgan fingerprint density at radius 3 is 2.45 bits per heavy atom. The molecule has 33 heavy (non-hydrogen) atoms. The summed E-state index contributed by atoms with van der Waals surface area (Å²) < 4.78 is 28.0. The highest BCUT2D eigenvalue weighted by Crippen LogP contribution is 2.35. The number of sulfonamides is 1. The van der Waals surface area contributed by atoms with Gasteiger partial charge in [0.25, 0.3) is 0 Å². The van der Waals surface area contributed by atoms with E-state index in [4.69, 9.17) is 11.6 Å². The number of nitrogens with zero attached hydrogens (tertiary/aromatic N) is 2. The number of fused-ring (bicyclic) bond motifs is 1. The molecule has 2 aliphatic rings. The number of anilines is 1. The quantitative estimate of drug-likeness (QED) is 0.696. The second-order valence-electron chi connectivity index (χ2n) is 8.57. The lowest BCUT2D eigenvalue weighted by atomic mass is 10.1. The van der Waals surface area contributed by atoms with Crippen molar-refractivity contribution in [3.8, 4) is 0 Å². The smallest absolute Gasteiger partial charge is 0.243 e. The van der Waals surface area contributed by atoms with Gasteiger partial charge in [0.1, 0.15) is 6.04 Å². The summed E-state index contributed by atoms with van der Waals surface area (Å²) in [4.78, 5) is 27.1. The second-order valence-corrected chi connectivity index (χ2v) is 10.9. The first-order valence-corrected chi connectivity index (χ1v) is 13.0. The maximum absolute atomic E-state index is 13.2. The van der Waals surface area contributed by atoms with Crippen molar-refractivity contribution in [2.75, 3.05) is 18.0 Å². The Balaban J connectivity index is 1.54. The highest BCUT2D eigenvalue weighted by atomic mass is 35.5. The molecule has 0 radical (unpaired) electrons. The standard InChI is InChI=1S/C24H28ClN3O4S/c1-17(29)28-22-10-9-21(33(31,32)27-11-4-2-3-5-12-27)14-19(22)15-23(28)24(30)26-16-18-7-6-8-20(25)13-18/h6-10,13-14,23H,2-5,11-12,15-16H2,1H3,(H,26,30). The van der Waals surface area contributed by atoms with Crippen molar-refractivity contribution in [1.29, 1.82) is 0 Å². The Kier molecular flexibility index (Phi) is 7.07. The van der Waals surface area contributed by atoms with Crippen molar-refractivity contribution in [3.05, 3.63) is 58.6 Å². The van der Waals surface area contributed by atoms with Crippen LogP contribution >= 0.6 is 11.6 Å². The summed E-state index contributed by atoms with van der Waals surface area (Å²) in [5.74, 6) is -0.557. The maximum Gasteiger partial charge on any atom is 0.243 e. The minimum absolute atomic E-state index is 0.214. The number of hydrogen-bond donors (Lipinski definition) is 1. The third-order valence-corrected chi connectivity index (χ3v) is 8.37. The molecule has 0 aliphatic carbocycles. The van der Waals surface area contributed by atoms with Gasteiger partial charge in [0.05, 0.1) is 4.90 Å². The van der Waals surface area contributed by atoms with Crippen molar-refractivity contribution in [2.24, 2.45) is 0 Å². The number of carbonyl (C=O) groups is 2. The molecule has 2 aromatic carbocycles. The molecule has 0 bridgehead atoms. The summed E-state index contributed by atoms with van der Waals surface area (Å²) in [5.41, 5.74) is 2.12. The van der Waals surface area contributed by atoms with Crippen molar-refractivity contribution < 1.29 is 18.0 Å². The average Bonchev–Trinajstić information content (AvgIpc) is 2.95. The predicted octanol–water partition coefficient (Wildman–Crippen LogP) is 3.50. The first-order chi connectivity index (χ1) is 15.8. The molecule has 2 amide bonds. The average molecular weight is 490 g/mol. The normalized spacial score (nSPS) is 19.1. The fourth-order valence-corrected chi connectivity index (χ4v) is 6.35. The van der Waals surface area contributed by atoms with Crippen LogP contribution in [0, 0.1) is 0 Å². The lowest BCUT2D eigenvalue weighted by Crippen LogP contribution is -2.47. The van der Waals surface area contributed by atoms with Gasteiger partial charge in [-0.1, -0.05) is 36.6 Å². The molecule has 7 nitrogen and oxygen atoms in total. The number of halogens is 1. The molecule has 4 rings (SSSR count). The highest BCUT2D eigenvalue weighted by molar-refractivity contribution is 7.89. The summed E-state index contributed by atoms with van der Waals surface area (Å²) in [5, 5.41) is 3.46. The molecule has 0 saturated carbocycles. The Hall–Kier alpha value is -2.42. The third-order valence-electron chi connectivity index (χ3n) is 6.24. The van der Waals surface area contributed by atoms with Crippen LogP contribution in [0.15, 0.2) is 47.4 Å². The summed E-state index contributed by atoms with van der Waals surface area (Å²) in [7, 11) is -3.62. The number of nitrogens with one attached hydrogen (secondary N) is 1. The van der Waals surface area contributed by atoms with Gasteiger partial charge in [0.15, 0.2) is 0 Å². The molecule has 1 atom stereocenters.